The van der Waals surface area contributed by atoms with Gasteiger partial charge in [-0.25, -0.2) is 0 Å². The summed E-state index contributed by atoms with van der Waals surface area (Å²) in [6.45, 7) is 6.70. The van der Waals surface area contributed by atoms with Gasteiger partial charge >= 0.3 is 0 Å². The first-order valence-electron chi connectivity index (χ1n) is 10.3. The SMILES string of the molecule is Cc1ccc(-c2cc3c(c4c2oc2ccccc24)-c2ccc(Cl)cc2C3(C)C)cc1. The van der Waals surface area contributed by atoms with Crippen LogP contribution in [0.4, 0.5) is 0 Å². The van der Waals surface area contributed by atoms with Crippen LogP contribution in [0.3, 0.4) is 0 Å². The molecule has 0 atom stereocenters. The molecule has 1 nitrogen and oxygen atoms in total. The van der Waals surface area contributed by atoms with Crippen molar-refractivity contribution in [3.63, 3.8) is 0 Å². The summed E-state index contributed by atoms with van der Waals surface area (Å²) < 4.78 is 6.47. The lowest BCUT2D eigenvalue weighted by atomic mass is 9.81. The van der Waals surface area contributed by atoms with E-state index in [0.717, 1.165) is 27.1 Å². The monoisotopic (exact) mass is 408 g/mol. The van der Waals surface area contributed by atoms with Crippen molar-refractivity contribution in [2.45, 2.75) is 26.2 Å². The van der Waals surface area contributed by atoms with E-state index >= 15 is 0 Å². The van der Waals surface area contributed by atoms with Crippen LogP contribution in [0.15, 0.2) is 77.2 Å². The molecule has 0 spiro atoms. The maximum atomic E-state index is 6.47. The molecule has 5 aromatic rings. The standard InChI is InChI=1S/C28H21ClO/c1-16-8-10-17(11-9-16)21-15-23-25(19-13-12-18(29)14-22(19)28(23,2)3)26-20-6-4-5-7-24(20)30-27(21)26/h4-15H,1-3H3. The minimum absolute atomic E-state index is 0.137. The van der Waals surface area contributed by atoms with Gasteiger partial charge in [-0.05, 0) is 59.0 Å². The zero-order valence-corrected chi connectivity index (χ0v) is 18.0. The molecule has 1 aromatic heterocycles. The molecule has 0 bridgehead atoms. The number of halogens is 1. The van der Waals surface area contributed by atoms with Gasteiger partial charge in [0, 0.05) is 26.8 Å². The molecule has 2 heteroatoms. The summed E-state index contributed by atoms with van der Waals surface area (Å²) in [6, 6.07) is 25.7. The maximum Gasteiger partial charge on any atom is 0.143 e. The molecule has 0 radical (unpaired) electrons. The molecular weight excluding hydrogens is 388 g/mol. The van der Waals surface area contributed by atoms with Crippen LogP contribution in [0.25, 0.3) is 44.2 Å². The molecule has 4 aromatic carbocycles. The van der Waals surface area contributed by atoms with Gasteiger partial charge in [0.25, 0.3) is 0 Å². The Morgan fingerprint density at radius 2 is 1.57 bits per heavy atom. The normalized spacial score (nSPS) is 14.3. The minimum Gasteiger partial charge on any atom is -0.455 e. The Labute approximate surface area is 180 Å². The highest BCUT2D eigenvalue weighted by molar-refractivity contribution is 6.31. The molecular formula is C28H21ClO. The molecule has 30 heavy (non-hydrogen) atoms. The van der Waals surface area contributed by atoms with Gasteiger partial charge in [0.1, 0.15) is 11.2 Å². The van der Waals surface area contributed by atoms with Gasteiger partial charge in [-0.15, -0.1) is 0 Å². The molecule has 1 aliphatic carbocycles. The van der Waals surface area contributed by atoms with E-state index in [1.54, 1.807) is 0 Å². The molecule has 0 amide bonds. The summed E-state index contributed by atoms with van der Waals surface area (Å²) in [6.07, 6.45) is 0. The number of rotatable bonds is 1. The summed E-state index contributed by atoms with van der Waals surface area (Å²) in [4.78, 5) is 0. The van der Waals surface area contributed by atoms with Crippen LogP contribution in [0.1, 0.15) is 30.5 Å². The Kier molecular flexibility index (Phi) is 3.56. The molecule has 1 heterocycles. The fourth-order valence-electron chi connectivity index (χ4n) is 5.02. The number of para-hydroxylation sites is 1. The zero-order valence-electron chi connectivity index (χ0n) is 17.2. The third kappa shape index (κ3) is 2.30. The molecule has 0 unspecified atom stereocenters. The van der Waals surface area contributed by atoms with Gasteiger partial charge in [0.15, 0.2) is 0 Å². The number of fused-ring (bicyclic) bond motifs is 7. The Bertz CT molecular complexity index is 1470. The van der Waals surface area contributed by atoms with E-state index in [1.807, 2.05) is 12.1 Å². The number of furan rings is 1. The molecule has 0 saturated heterocycles. The summed E-state index contributed by atoms with van der Waals surface area (Å²) >= 11 is 6.41. The molecule has 146 valence electrons. The maximum absolute atomic E-state index is 6.47. The average Bonchev–Trinajstić information content (AvgIpc) is 3.22. The van der Waals surface area contributed by atoms with E-state index < -0.39 is 0 Å². The molecule has 6 rings (SSSR count). The second-order valence-electron chi connectivity index (χ2n) is 8.83. The zero-order chi connectivity index (χ0) is 20.6. The number of aryl methyl sites for hydroxylation is 1. The molecule has 0 saturated carbocycles. The van der Waals surface area contributed by atoms with Crippen molar-refractivity contribution in [1.82, 2.24) is 0 Å². The minimum atomic E-state index is -0.137. The third-order valence-corrected chi connectivity index (χ3v) is 6.84. The van der Waals surface area contributed by atoms with E-state index in [0.29, 0.717) is 0 Å². The average molecular weight is 409 g/mol. The van der Waals surface area contributed by atoms with Crippen LogP contribution in [-0.2, 0) is 5.41 Å². The molecule has 0 aliphatic heterocycles. The largest absolute Gasteiger partial charge is 0.455 e. The van der Waals surface area contributed by atoms with Crippen molar-refractivity contribution in [1.29, 1.82) is 0 Å². The third-order valence-electron chi connectivity index (χ3n) is 6.61. The fraction of sp³-hybridized carbons (Fsp3) is 0.143. The summed E-state index contributed by atoms with van der Waals surface area (Å²) in [5.74, 6) is 0. The second-order valence-corrected chi connectivity index (χ2v) is 9.27. The van der Waals surface area contributed by atoms with E-state index in [4.69, 9.17) is 16.0 Å². The van der Waals surface area contributed by atoms with Crippen LogP contribution < -0.4 is 0 Å². The lowest BCUT2D eigenvalue weighted by molar-refractivity contribution is 0.657. The van der Waals surface area contributed by atoms with Gasteiger partial charge in [-0.1, -0.05) is 79.5 Å². The van der Waals surface area contributed by atoms with Crippen molar-refractivity contribution < 1.29 is 4.42 Å². The van der Waals surface area contributed by atoms with E-state index in [1.165, 1.54) is 38.8 Å². The highest BCUT2D eigenvalue weighted by atomic mass is 35.5. The molecule has 1 aliphatic rings. The van der Waals surface area contributed by atoms with Crippen LogP contribution in [0, 0.1) is 6.92 Å². The van der Waals surface area contributed by atoms with Crippen LogP contribution in [-0.4, -0.2) is 0 Å². The van der Waals surface area contributed by atoms with Crippen LogP contribution in [0.2, 0.25) is 5.02 Å². The first-order valence-corrected chi connectivity index (χ1v) is 10.7. The highest BCUT2D eigenvalue weighted by Gasteiger charge is 2.38. The van der Waals surface area contributed by atoms with Gasteiger partial charge in [0.05, 0.1) is 0 Å². The number of hydrogen-bond acceptors (Lipinski definition) is 1. The predicted octanol–water partition coefficient (Wildman–Crippen LogP) is 8.52. The number of hydrogen-bond donors (Lipinski definition) is 0. The predicted molar refractivity (Wildman–Crippen MR) is 126 cm³/mol. The van der Waals surface area contributed by atoms with Crippen molar-refractivity contribution in [2.75, 3.05) is 0 Å². The van der Waals surface area contributed by atoms with E-state index in [2.05, 4.69) is 81.4 Å². The smallest absolute Gasteiger partial charge is 0.143 e. The second kappa shape index (κ2) is 6.00. The summed E-state index contributed by atoms with van der Waals surface area (Å²) in [5.41, 5.74) is 10.5. The molecule has 0 fully saturated rings. The van der Waals surface area contributed by atoms with Crippen LogP contribution >= 0.6 is 11.6 Å². The quantitative estimate of drug-likeness (QED) is 0.271. The lowest BCUT2D eigenvalue weighted by Crippen LogP contribution is -2.15. The topological polar surface area (TPSA) is 13.1 Å². The van der Waals surface area contributed by atoms with Gasteiger partial charge in [-0.2, -0.15) is 0 Å². The van der Waals surface area contributed by atoms with Crippen molar-refractivity contribution in [2.24, 2.45) is 0 Å². The lowest BCUT2D eigenvalue weighted by Gasteiger charge is -2.22. The highest BCUT2D eigenvalue weighted by Crippen LogP contribution is 2.55. The van der Waals surface area contributed by atoms with E-state index in [9.17, 15) is 0 Å². The van der Waals surface area contributed by atoms with Crippen LogP contribution in [0.5, 0.6) is 0 Å². The van der Waals surface area contributed by atoms with Gasteiger partial charge < -0.3 is 4.42 Å². The first-order chi connectivity index (χ1) is 14.4. The fourth-order valence-corrected chi connectivity index (χ4v) is 5.19. The Balaban J connectivity index is 1.82. The molecule has 0 N–H and O–H groups in total. The van der Waals surface area contributed by atoms with Crippen molar-refractivity contribution >= 4 is 33.5 Å². The summed E-state index contributed by atoms with van der Waals surface area (Å²) in [7, 11) is 0. The van der Waals surface area contributed by atoms with E-state index in [-0.39, 0.29) is 5.41 Å². The van der Waals surface area contributed by atoms with Gasteiger partial charge in [0.2, 0.25) is 0 Å². The number of benzene rings is 4. The van der Waals surface area contributed by atoms with Gasteiger partial charge in [-0.3, -0.25) is 0 Å². The first kappa shape index (κ1) is 17.8. The Morgan fingerprint density at radius 3 is 2.37 bits per heavy atom. The Hall–Kier alpha value is -3.03. The Morgan fingerprint density at radius 1 is 0.800 bits per heavy atom. The summed E-state index contributed by atoms with van der Waals surface area (Å²) in [5, 5.41) is 3.14. The van der Waals surface area contributed by atoms with Crippen molar-refractivity contribution in [3.8, 4) is 22.3 Å². The van der Waals surface area contributed by atoms with Crippen molar-refractivity contribution in [3.05, 3.63) is 94.5 Å².